The Morgan fingerprint density at radius 1 is 0.472 bits per heavy atom. The van der Waals surface area contributed by atoms with Gasteiger partial charge in [0.05, 0.1) is 16.8 Å². The highest BCUT2D eigenvalue weighted by atomic mass is 16.3. The minimum absolute atomic E-state index is 0.112. The molecule has 4 aromatic rings. The molecule has 0 aromatic heterocycles. The van der Waals surface area contributed by atoms with E-state index in [4.69, 9.17) is 11.5 Å². The minimum atomic E-state index is -0.744. The Bertz CT molecular complexity index is 2070. The number of hydrogen-bond acceptors (Lipinski definition) is 4. The van der Waals surface area contributed by atoms with Crippen molar-refractivity contribution in [3.8, 4) is 22.6 Å². The summed E-state index contributed by atoms with van der Waals surface area (Å²) >= 11 is 0. The molecule has 9 aliphatic rings. The van der Waals surface area contributed by atoms with Crippen molar-refractivity contribution in [3.05, 3.63) is 106 Å². The van der Waals surface area contributed by atoms with Crippen LogP contribution in [-0.2, 0) is 16.2 Å². The van der Waals surface area contributed by atoms with Gasteiger partial charge in [0, 0.05) is 22.0 Å². The van der Waals surface area contributed by atoms with Crippen molar-refractivity contribution in [2.24, 2.45) is 33.5 Å². The molecule has 13 rings (SSSR count). The van der Waals surface area contributed by atoms with E-state index < -0.39 is 5.41 Å². The van der Waals surface area contributed by atoms with Gasteiger partial charge in [0.2, 0.25) is 0 Å². The molecule has 53 heavy (non-hydrogen) atoms. The fraction of sp³-hybridized carbons (Fsp3) is 0.510. The van der Waals surface area contributed by atoms with Crippen molar-refractivity contribution in [2.75, 3.05) is 11.5 Å². The van der Waals surface area contributed by atoms with Crippen LogP contribution in [0.25, 0.3) is 11.1 Å². The largest absolute Gasteiger partial charge is 0.505 e. The number of phenols is 2. The summed E-state index contributed by atoms with van der Waals surface area (Å²) in [6.07, 6.45) is 14.3. The first-order valence-corrected chi connectivity index (χ1v) is 20.6. The maximum Gasteiger partial charge on any atom is 0.142 e. The number of rotatable bonds is 4. The summed E-state index contributed by atoms with van der Waals surface area (Å²) < 4.78 is 0. The number of nitrogen functional groups attached to an aromatic ring is 2. The molecule has 8 saturated carbocycles. The van der Waals surface area contributed by atoms with Crippen LogP contribution in [0.2, 0.25) is 0 Å². The fourth-order valence-corrected chi connectivity index (χ4v) is 17.1. The van der Waals surface area contributed by atoms with Crippen LogP contribution in [0.3, 0.4) is 0 Å². The number of aromatic hydroxyl groups is 2. The zero-order valence-corrected chi connectivity index (χ0v) is 32.1. The Morgan fingerprint density at radius 3 is 1.19 bits per heavy atom. The minimum Gasteiger partial charge on any atom is -0.505 e. The molecule has 4 unspecified atom stereocenters. The van der Waals surface area contributed by atoms with Gasteiger partial charge in [0.15, 0.2) is 0 Å². The number of phenolic OH excluding ortho intramolecular Hbond substituents is 2. The average Bonchev–Trinajstić information content (AvgIpc) is 3.35. The van der Waals surface area contributed by atoms with Crippen LogP contribution in [-0.4, -0.2) is 10.2 Å². The lowest BCUT2D eigenvalue weighted by Crippen LogP contribution is -2.57. The Hall–Kier alpha value is -3.92. The van der Waals surface area contributed by atoms with E-state index in [0.717, 1.165) is 60.8 Å². The average molecular weight is 705 g/mol. The van der Waals surface area contributed by atoms with Crippen LogP contribution in [0.4, 0.5) is 11.4 Å². The van der Waals surface area contributed by atoms with Gasteiger partial charge < -0.3 is 21.7 Å². The topological polar surface area (TPSA) is 92.5 Å². The highest BCUT2D eigenvalue weighted by Gasteiger charge is 2.63. The van der Waals surface area contributed by atoms with Crippen molar-refractivity contribution in [3.63, 3.8) is 0 Å². The van der Waals surface area contributed by atoms with Crippen molar-refractivity contribution >= 4 is 11.4 Å². The van der Waals surface area contributed by atoms with Crippen LogP contribution in [0.1, 0.15) is 138 Å². The molecule has 4 aromatic carbocycles. The summed E-state index contributed by atoms with van der Waals surface area (Å²) in [5.41, 5.74) is 24.3. The molecule has 0 aliphatic heterocycles. The van der Waals surface area contributed by atoms with Crippen LogP contribution < -0.4 is 11.5 Å². The first kappa shape index (κ1) is 32.5. The zero-order valence-electron chi connectivity index (χ0n) is 32.1. The number of hydrogen-bond donors (Lipinski definition) is 4. The molecule has 0 amide bonds. The highest BCUT2D eigenvalue weighted by molar-refractivity contribution is 5.87. The Balaban J connectivity index is 1.19. The van der Waals surface area contributed by atoms with E-state index in [2.05, 4.69) is 100 Å². The molecule has 4 nitrogen and oxygen atoms in total. The molecule has 0 spiro atoms. The van der Waals surface area contributed by atoms with Gasteiger partial charge in [0.25, 0.3) is 0 Å². The van der Waals surface area contributed by atoms with E-state index in [1.165, 1.54) is 60.8 Å². The van der Waals surface area contributed by atoms with Gasteiger partial charge in [-0.3, -0.25) is 0 Å². The summed E-state index contributed by atoms with van der Waals surface area (Å²) in [5, 5.41) is 24.3. The Morgan fingerprint density at radius 2 is 0.830 bits per heavy atom. The zero-order chi connectivity index (χ0) is 36.6. The molecule has 9 aliphatic carbocycles. The monoisotopic (exact) mass is 704 g/mol. The summed E-state index contributed by atoms with van der Waals surface area (Å²) in [4.78, 5) is 0. The van der Waals surface area contributed by atoms with Crippen LogP contribution in [0.5, 0.6) is 11.5 Å². The summed E-state index contributed by atoms with van der Waals surface area (Å²) in [6, 6.07) is 26.6. The van der Waals surface area contributed by atoms with E-state index in [0.29, 0.717) is 23.2 Å². The molecular weight excluding hydrogens is 649 g/mol. The number of nitrogens with two attached hydrogens (primary N) is 2. The van der Waals surface area contributed by atoms with E-state index in [-0.39, 0.29) is 44.0 Å². The quantitative estimate of drug-likeness (QED) is 0.111. The lowest BCUT2D eigenvalue weighted by atomic mass is 9.39. The Kier molecular flexibility index (Phi) is 6.03. The predicted octanol–water partition coefficient (Wildman–Crippen LogP) is 11.1. The highest BCUT2D eigenvalue weighted by Crippen LogP contribution is 2.73. The molecule has 4 heteroatoms. The van der Waals surface area contributed by atoms with E-state index in [9.17, 15) is 10.2 Å². The molecule has 4 atom stereocenters. The molecule has 8 fully saturated rings. The smallest absolute Gasteiger partial charge is 0.142 e. The number of fused-ring (bicyclic) bond motifs is 3. The van der Waals surface area contributed by atoms with Gasteiger partial charge in [-0.25, -0.2) is 0 Å². The number of anilines is 2. The second kappa shape index (κ2) is 9.84. The second-order valence-corrected chi connectivity index (χ2v) is 21.6. The molecule has 0 heterocycles. The van der Waals surface area contributed by atoms with Crippen molar-refractivity contribution in [1.29, 1.82) is 0 Å². The summed E-state index contributed by atoms with van der Waals surface area (Å²) in [7, 11) is 0. The maximum atomic E-state index is 12.1. The van der Waals surface area contributed by atoms with Gasteiger partial charge in [-0.15, -0.1) is 0 Å². The predicted molar refractivity (Wildman–Crippen MR) is 214 cm³/mol. The molecule has 8 bridgehead atoms. The van der Waals surface area contributed by atoms with Gasteiger partial charge in [-0.2, -0.15) is 0 Å². The van der Waals surface area contributed by atoms with Crippen molar-refractivity contribution in [2.45, 2.75) is 121 Å². The fourth-order valence-electron chi connectivity index (χ4n) is 17.1. The van der Waals surface area contributed by atoms with E-state index in [1.807, 2.05) is 0 Å². The standard InChI is InChI=1S/C49H56N2O2/c1-43-17-29-18-44(2,23-43)26-47(21-29,25-43)37-13-31(15-39(50)41(37)52)49(35-11-7-5-9-33(35)34-10-6-8-12-36(34)49)32-14-38(42(53)40(51)16-32)48-22-30-19-45(3,27-48)24-46(4,20-30)28-48/h5-16,29-30,52-53H,17-28,50-51H2,1-4H3. The van der Waals surface area contributed by atoms with Crippen molar-refractivity contribution in [1.82, 2.24) is 0 Å². The SMILES string of the molecule is CC12CC3CC(C)(C1)CC(c1cc(C4(c5cc(N)c(O)c(C67CC8CC(C)(CC(C)(C8)C6)C7)c5)c5ccccc5-c5ccccc54)cc(N)c1O)(C3)C2. The molecular formula is C49H56N2O2. The lowest BCUT2D eigenvalue weighted by Gasteiger charge is -2.65. The first-order valence-electron chi connectivity index (χ1n) is 20.6. The van der Waals surface area contributed by atoms with E-state index in [1.54, 1.807) is 0 Å². The van der Waals surface area contributed by atoms with Gasteiger partial charge in [-0.1, -0.05) is 76.2 Å². The lowest BCUT2D eigenvalue weighted by molar-refractivity contribution is -0.110. The third-order valence-electron chi connectivity index (χ3n) is 16.5. The van der Waals surface area contributed by atoms with Gasteiger partial charge >= 0.3 is 0 Å². The van der Waals surface area contributed by atoms with Crippen LogP contribution in [0.15, 0.2) is 72.8 Å². The molecule has 274 valence electrons. The van der Waals surface area contributed by atoms with E-state index >= 15 is 0 Å². The van der Waals surface area contributed by atoms with Gasteiger partial charge in [0.1, 0.15) is 11.5 Å². The normalized spacial score (nSPS) is 39.3. The maximum absolute atomic E-state index is 12.1. The molecule has 0 saturated heterocycles. The summed E-state index contributed by atoms with van der Waals surface area (Å²) in [6.45, 7) is 10.0. The molecule has 6 N–H and O–H groups in total. The third kappa shape index (κ3) is 4.19. The number of benzene rings is 4. The van der Waals surface area contributed by atoms with Crippen LogP contribution >= 0.6 is 0 Å². The van der Waals surface area contributed by atoms with Gasteiger partial charge in [-0.05, 0) is 168 Å². The molecule has 0 radical (unpaired) electrons. The second-order valence-electron chi connectivity index (χ2n) is 21.6. The summed E-state index contributed by atoms with van der Waals surface area (Å²) in [5.74, 6) is 1.91. The van der Waals surface area contributed by atoms with Crippen LogP contribution in [0, 0.1) is 33.5 Å². The van der Waals surface area contributed by atoms with Crippen molar-refractivity contribution < 1.29 is 10.2 Å². The Labute approximate surface area is 315 Å². The third-order valence-corrected chi connectivity index (χ3v) is 16.5. The first-order chi connectivity index (χ1) is 25.1.